The van der Waals surface area contributed by atoms with Gasteiger partial charge >= 0.3 is 0 Å². The van der Waals surface area contributed by atoms with E-state index < -0.39 is 26.3 Å². The second-order valence-electron chi connectivity index (χ2n) is 5.90. The average molecular weight is 384 g/mol. The van der Waals surface area contributed by atoms with Crippen molar-refractivity contribution in [3.05, 3.63) is 46.0 Å². The SMILES string of the molecule is CCCCCCNC1=C(S(=O)(=O)CCCl)C(=O)c2ccccc2C1=O. The van der Waals surface area contributed by atoms with Crippen LogP contribution >= 0.6 is 11.6 Å². The third-order valence-corrected chi connectivity index (χ3v) is 6.23. The first-order valence-electron chi connectivity index (χ1n) is 8.39. The van der Waals surface area contributed by atoms with Gasteiger partial charge in [-0.3, -0.25) is 9.59 Å². The van der Waals surface area contributed by atoms with Crippen LogP contribution < -0.4 is 5.32 Å². The van der Waals surface area contributed by atoms with Crippen molar-refractivity contribution < 1.29 is 18.0 Å². The van der Waals surface area contributed by atoms with Crippen LogP contribution in [-0.4, -0.2) is 38.2 Å². The van der Waals surface area contributed by atoms with E-state index in [2.05, 4.69) is 12.2 Å². The largest absolute Gasteiger partial charge is 0.381 e. The van der Waals surface area contributed by atoms with Crippen molar-refractivity contribution >= 4 is 33.0 Å². The van der Waals surface area contributed by atoms with Gasteiger partial charge in [0.25, 0.3) is 0 Å². The number of unbranched alkanes of at least 4 members (excludes halogenated alkanes) is 3. The molecule has 0 fully saturated rings. The minimum Gasteiger partial charge on any atom is -0.381 e. The number of alkyl halides is 1. The molecule has 0 heterocycles. The molecular weight excluding hydrogens is 362 g/mol. The summed E-state index contributed by atoms with van der Waals surface area (Å²) in [5.74, 6) is -1.62. The number of rotatable bonds is 9. The molecule has 0 unspecified atom stereocenters. The summed E-state index contributed by atoms with van der Waals surface area (Å²) in [6.07, 6.45) is 3.90. The summed E-state index contributed by atoms with van der Waals surface area (Å²) in [6.45, 7) is 2.53. The van der Waals surface area contributed by atoms with E-state index in [-0.39, 0.29) is 28.5 Å². The van der Waals surface area contributed by atoms with Gasteiger partial charge in [0.15, 0.2) is 9.84 Å². The topological polar surface area (TPSA) is 80.3 Å². The van der Waals surface area contributed by atoms with Crippen molar-refractivity contribution in [2.75, 3.05) is 18.2 Å². The number of sulfone groups is 1. The summed E-state index contributed by atoms with van der Waals surface area (Å²) in [5, 5.41) is 2.90. The van der Waals surface area contributed by atoms with Crippen LogP contribution in [0.15, 0.2) is 34.9 Å². The molecule has 0 amide bonds. The molecule has 0 radical (unpaired) electrons. The van der Waals surface area contributed by atoms with Gasteiger partial charge < -0.3 is 5.32 Å². The fourth-order valence-corrected chi connectivity index (χ4v) is 4.66. The van der Waals surface area contributed by atoms with E-state index in [0.717, 1.165) is 25.7 Å². The summed E-state index contributed by atoms with van der Waals surface area (Å²) in [7, 11) is -3.94. The van der Waals surface area contributed by atoms with Crippen LogP contribution in [0.5, 0.6) is 0 Å². The van der Waals surface area contributed by atoms with E-state index in [1.54, 1.807) is 18.2 Å². The monoisotopic (exact) mass is 383 g/mol. The van der Waals surface area contributed by atoms with Gasteiger partial charge in [0.05, 0.1) is 5.75 Å². The molecule has 136 valence electrons. The normalized spacial score (nSPS) is 14.6. The number of hydrogen-bond donors (Lipinski definition) is 1. The number of benzene rings is 1. The van der Waals surface area contributed by atoms with Gasteiger partial charge in [-0.2, -0.15) is 0 Å². The molecule has 1 aromatic rings. The van der Waals surface area contributed by atoms with Gasteiger partial charge in [-0.15, -0.1) is 11.6 Å². The van der Waals surface area contributed by atoms with Crippen molar-refractivity contribution in [3.8, 4) is 0 Å². The maximum atomic E-state index is 12.8. The molecule has 7 heteroatoms. The van der Waals surface area contributed by atoms with Crippen molar-refractivity contribution in [1.29, 1.82) is 0 Å². The Kier molecular flexibility index (Phi) is 6.79. The second kappa shape index (κ2) is 8.63. The molecule has 5 nitrogen and oxygen atoms in total. The molecule has 1 aromatic carbocycles. The molecule has 0 bridgehead atoms. The van der Waals surface area contributed by atoms with E-state index in [0.29, 0.717) is 6.54 Å². The summed E-state index contributed by atoms with van der Waals surface area (Å²) in [6, 6.07) is 6.28. The van der Waals surface area contributed by atoms with Crippen LogP contribution in [0, 0.1) is 0 Å². The summed E-state index contributed by atoms with van der Waals surface area (Å²) in [4.78, 5) is 25.1. The number of nitrogens with one attached hydrogen (secondary N) is 1. The zero-order chi connectivity index (χ0) is 18.4. The molecule has 1 aliphatic rings. The van der Waals surface area contributed by atoms with Crippen LogP contribution in [0.25, 0.3) is 0 Å². The summed E-state index contributed by atoms with van der Waals surface area (Å²) >= 11 is 5.58. The lowest BCUT2D eigenvalue weighted by Crippen LogP contribution is -2.34. The van der Waals surface area contributed by atoms with Crippen LogP contribution in [-0.2, 0) is 9.84 Å². The number of fused-ring (bicyclic) bond motifs is 1. The molecule has 25 heavy (non-hydrogen) atoms. The molecule has 0 atom stereocenters. The highest BCUT2D eigenvalue weighted by molar-refractivity contribution is 7.96. The van der Waals surface area contributed by atoms with Gasteiger partial charge in [0.2, 0.25) is 11.6 Å². The molecule has 0 saturated carbocycles. The van der Waals surface area contributed by atoms with E-state index >= 15 is 0 Å². The number of carbonyl (C=O) groups excluding carboxylic acids is 2. The summed E-state index contributed by atoms with van der Waals surface area (Å²) < 4.78 is 25.1. The Balaban J connectivity index is 2.42. The van der Waals surface area contributed by atoms with E-state index in [1.807, 2.05) is 0 Å². The van der Waals surface area contributed by atoms with Gasteiger partial charge in [0, 0.05) is 23.6 Å². The van der Waals surface area contributed by atoms with Crippen molar-refractivity contribution in [2.45, 2.75) is 32.6 Å². The van der Waals surface area contributed by atoms with Gasteiger partial charge in [-0.25, -0.2) is 8.42 Å². The van der Waals surface area contributed by atoms with E-state index in [1.165, 1.54) is 6.07 Å². The van der Waals surface area contributed by atoms with Crippen molar-refractivity contribution in [2.24, 2.45) is 0 Å². The number of hydrogen-bond acceptors (Lipinski definition) is 5. The highest BCUT2D eigenvalue weighted by Crippen LogP contribution is 2.28. The molecule has 0 saturated heterocycles. The Morgan fingerprint density at radius 1 is 1.00 bits per heavy atom. The number of allylic oxidation sites excluding steroid dienone is 2. The van der Waals surface area contributed by atoms with Gasteiger partial charge in [-0.1, -0.05) is 50.5 Å². The number of ketones is 2. The van der Waals surface area contributed by atoms with Gasteiger partial charge in [0.1, 0.15) is 10.6 Å². The lowest BCUT2D eigenvalue weighted by atomic mass is 9.92. The van der Waals surface area contributed by atoms with E-state index in [4.69, 9.17) is 11.6 Å². The third kappa shape index (κ3) is 4.30. The first-order chi connectivity index (χ1) is 11.9. The molecule has 1 aliphatic carbocycles. The molecule has 0 aliphatic heterocycles. The number of carbonyl (C=O) groups is 2. The maximum absolute atomic E-state index is 12.8. The molecule has 2 rings (SSSR count). The first-order valence-corrected chi connectivity index (χ1v) is 10.6. The third-order valence-electron chi connectivity index (χ3n) is 4.07. The minimum atomic E-state index is -3.94. The predicted octanol–water partition coefficient (Wildman–Crippen LogP) is 3.10. The average Bonchev–Trinajstić information content (AvgIpc) is 2.58. The van der Waals surface area contributed by atoms with Crippen molar-refractivity contribution in [3.63, 3.8) is 0 Å². The highest BCUT2D eigenvalue weighted by atomic mass is 35.5. The van der Waals surface area contributed by atoms with Crippen LogP contribution in [0.2, 0.25) is 0 Å². The predicted molar refractivity (Wildman–Crippen MR) is 98.8 cm³/mol. The molecule has 0 aromatic heterocycles. The quantitative estimate of drug-likeness (QED) is 0.523. The number of halogens is 1. The van der Waals surface area contributed by atoms with Gasteiger partial charge in [-0.05, 0) is 6.42 Å². The second-order valence-corrected chi connectivity index (χ2v) is 8.33. The Bertz CT molecular complexity index is 799. The number of Topliss-reactive ketones (excluding diaryl/α,β-unsaturated/α-hetero) is 2. The Morgan fingerprint density at radius 2 is 1.64 bits per heavy atom. The summed E-state index contributed by atoms with van der Waals surface area (Å²) in [5.41, 5.74) is 0.232. The van der Waals surface area contributed by atoms with Crippen LogP contribution in [0.1, 0.15) is 53.3 Å². The maximum Gasteiger partial charge on any atom is 0.211 e. The van der Waals surface area contributed by atoms with Crippen LogP contribution in [0.4, 0.5) is 0 Å². The lowest BCUT2D eigenvalue weighted by Gasteiger charge is -2.21. The Hall–Kier alpha value is -1.66. The lowest BCUT2D eigenvalue weighted by molar-refractivity contribution is 0.0974. The molecular formula is C18H22ClNO4S. The Labute approximate surface area is 153 Å². The zero-order valence-electron chi connectivity index (χ0n) is 14.2. The standard InChI is InChI=1S/C18H22ClNO4S/c1-2-3-4-7-11-20-15-16(21)13-8-5-6-9-14(13)17(22)18(15)25(23,24)12-10-19/h5-6,8-9,20H,2-4,7,10-12H2,1H3. The van der Waals surface area contributed by atoms with Crippen molar-refractivity contribution in [1.82, 2.24) is 5.32 Å². The molecule has 0 spiro atoms. The van der Waals surface area contributed by atoms with Crippen LogP contribution in [0.3, 0.4) is 0 Å². The van der Waals surface area contributed by atoms with E-state index in [9.17, 15) is 18.0 Å². The highest BCUT2D eigenvalue weighted by Gasteiger charge is 2.38. The fourth-order valence-electron chi connectivity index (χ4n) is 2.78. The fraction of sp³-hybridized carbons (Fsp3) is 0.444. The Morgan fingerprint density at radius 3 is 2.24 bits per heavy atom. The minimum absolute atomic E-state index is 0.120. The smallest absolute Gasteiger partial charge is 0.211 e. The first kappa shape index (κ1) is 19.7. The zero-order valence-corrected chi connectivity index (χ0v) is 15.8. The molecule has 1 N–H and O–H groups in total.